The summed E-state index contributed by atoms with van der Waals surface area (Å²) < 4.78 is 30.9. The van der Waals surface area contributed by atoms with E-state index < -0.39 is 7.60 Å². The van der Waals surface area contributed by atoms with Gasteiger partial charge in [0.25, 0.3) is 0 Å². The number of nitrogens with zero attached hydrogens (tertiary/aromatic N) is 4. The molecule has 0 bridgehead atoms. The molecule has 2 atom stereocenters. The number of hydrogen-bond donors (Lipinski definition) is 2. The van der Waals surface area contributed by atoms with Gasteiger partial charge in [-0.25, -0.2) is 15.0 Å². The maximum Gasteiger partial charge on any atom is 0.355 e. The van der Waals surface area contributed by atoms with Gasteiger partial charge in [0.05, 0.1) is 25.6 Å². The normalized spacial score (nSPS) is 14.6. The van der Waals surface area contributed by atoms with Gasteiger partial charge in [-0.2, -0.15) is 0 Å². The van der Waals surface area contributed by atoms with Gasteiger partial charge < -0.3 is 29.4 Å². The first-order valence-electron chi connectivity index (χ1n) is 15.2. The number of aromatic nitrogens is 4. The number of ether oxygens (including phenoxy) is 1. The van der Waals surface area contributed by atoms with Crippen LogP contribution < -0.4 is 11.1 Å². The van der Waals surface area contributed by atoms with E-state index in [1.165, 1.54) is 13.4 Å². The zero-order valence-electron chi connectivity index (χ0n) is 26.3. The van der Waals surface area contributed by atoms with Crippen LogP contribution in [0, 0.1) is 0 Å². The summed E-state index contributed by atoms with van der Waals surface area (Å²) in [5.41, 5.74) is 6.93. The molecular weight excluding hydrogens is 579 g/mol. The number of imidazole rings is 1. The molecule has 2 aromatic rings. The molecule has 2 rings (SSSR count). The van der Waals surface area contributed by atoms with E-state index in [1.54, 1.807) is 10.9 Å². The first kappa shape index (κ1) is 36.8. The number of nitrogens with one attached hydrogen (secondary N) is 1. The Balaban J connectivity index is 1.51. The highest BCUT2D eigenvalue weighted by molar-refractivity contribution is 7.53. The number of nitrogen functional groups attached to an aromatic ring is 1. The minimum Gasteiger partial charge on any atom is -0.382 e. The zero-order valence-corrected chi connectivity index (χ0v) is 27.2. The van der Waals surface area contributed by atoms with E-state index in [-0.39, 0.29) is 31.5 Å². The van der Waals surface area contributed by atoms with Crippen molar-refractivity contribution in [3.63, 3.8) is 0 Å². The van der Waals surface area contributed by atoms with Crippen molar-refractivity contribution in [2.24, 2.45) is 0 Å². The van der Waals surface area contributed by atoms with Gasteiger partial charge in [0.2, 0.25) is 5.91 Å². The minimum atomic E-state index is -3.48. The summed E-state index contributed by atoms with van der Waals surface area (Å²) in [5, 5.41) is 2.79. The van der Waals surface area contributed by atoms with Crippen LogP contribution in [0.25, 0.3) is 11.2 Å². The lowest BCUT2D eigenvalue weighted by Gasteiger charge is -2.20. The lowest BCUT2D eigenvalue weighted by molar-refractivity contribution is -0.121. The van der Waals surface area contributed by atoms with Crippen LogP contribution in [-0.2, 0) is 29.7 Å². The van der Waals surface area contributed by atoms with Gasteiger partial charge in [-0.05, 0) is 51.9 Å². The Morgan fingerprint density at radius 2 is 1.64 bits per heavy atom. The number of rotatable bonds is 23. The topological polar surface area (TPSA) is 143 Å². The number of carbonyl (C=O) groups excluding carboxylic acids is 1. The van der Waals surface area contributed by atoms with Crippen LogP contribution in [0.3, 0.4) is 0 Å². The Bertz CT molecular complexity index is 1300. The van der Waals surface area contributed by atoms with Crippen LogP contribution >= 0.6 is 7.60 Å². The average molecular weight is 629 g/mol. The van der Waals surface area contributed by atoms with Gasteiger partial charge >= 0.3 is 7.60 Å². The lowest BCUT2D eigenvalue weighted by atomic mass is 10.2. The fourth-order valence-electron chi connectivity index (χ4n) is 3.94. The van der Waals surface area contributed by atoms with Gasteiger partial charge in [-0.1, -0.05) is 67.7 Å². The number of unbranched alkanes of at least 4 members (excludes halogenated alkanes) is 1. The molecule has 242 valence electrons. The molecule has 0 saturated carbocycles. The van der Waals surface area contributed by atoms with Gasteiger partial charge in [0, 0.05) is 20.1 Å². The number of hydrogen-bond acceptors (Lipinski definition) is 9. The first-order valence-corrected chi connectivity index (χ1v) is 16.9. The molecule has 0 saturated heterocycles. The highest BCUT2D eigenvalue weighted by Gasteiger charge is 2.25. The van der Waals surface area contributed by atoms with Gasteiger partial charge in [-0.3, -0.25) is 9.36 Å². The smallest absolute Gasteiger partial charge is 0.355 e. The summed E-state index contributed by atoms with van der Waals surface area (Å²) in [5.74, 6) is 0.229. The molecule has 2 aromatic heterocycles. The molecule has 0 aliphatic carbocycles. The minimum absolute atomic E-state index is 0.0473. The van der Waals surface area contributed by atoms with Crippen molar-refractivity contribution in [3.05, 3.63) is 73.4 Å². The summed E-state index contributed by atoms with van der Waals surface area (Å²) in [4.78, 5) is 24.5. The molecule has 0 aliphatic heterocycles. The van der Waals surface area contributed by atoms with Crippen molar-refractivity contribution in [1.29, 1.82) is 0 Å². The van der Waals surface area contributed by atoms with Gasteiger partial charge in [-0.15, -0.1) is 0 Å². The Hall–Kier alpha value is -3.37. The number of nitrogens with two attached hydrogens (primary N) is 1. The fourth-order valence-corrected chi connectivity index (χ4v) is 5.03. The van der Waals surface area contributed by atoms with E-state index in [9.17, 15) is 9.36 Å². The fraction of sp³-hybridized carbons (Fsp3) is 0.500. The Morgan fingerprint density at radius 1 is 1.00 bits per heavy atom. The van der Waals surface area contributed by atoms with Crippen molar-refractivity contribution in [2.45, 2.75) is 77.9 Å². The summed E-state index contributed by atoms with van der Waals surface area (Å²) in [6.07, 6.45) is 30.9. The van der Waals surface area contributed by atoms with Crippen molar-refractivity contribution in [2.75, 3.05) is 32.3 Å². The van der Waals surface area contributed by atoms with E-state index in [0.717, 1.165) is 44.9 Å². The molecule has 44 heavy (non-hydrogen) atoms. The Labute approximate surface area is 261 Å². The molecule has 0 aromatic carbocycles. The largest absolute Gasteiger partial charge is 0.382 e. The average Bonchev–Trinajstić information content (AvgIpc) is 3.43. The van der Waals surface area contributed by atoms with Crippen molar-refractivity contribution < 1.29 is 23.1 Å². The second kappa shape index (κ2) is 22.2. The predicted molar refractivity (Wildman–Crippen MR) is 177 cm³/mol. The molecule has 11 nitrogen and oxygen atoms in total. The van der Waals surface area contributed by atoms with Crippen molar-refractivity contribution in [3.8, 4) is 0 Å². The molecule has 12 heteroatoms. The molecule has 0 spiro atoms. The highest BCUT2D eigenvalue weighted by Crippen LogP contribution is 2.47. The van der Waals surface area contributed by atoms with Gasteiger partial charge in [0.1, 0.15) is 18.2 Å². The maximum absolute atomic E-state index is 12.9. The second-order valence-electron chi connectivity index (χ2n) is 10.0. The summed E-state index contributed by atoms with van der Waals surface area (Å²) in [7, 11) is -2.17. The highest BCUT2D eigenvalue weighted by atomic mass is 31.2. The first-order chi connectivity index (χ1) is 21.4. The number of allylic oxidation sites excluding steroid dienone is 10. The molecule has 2 heterocycles. The summed E-state index contributed by atoms with van der Waals surface area (Å²) >= 11 is 0. The third-order valence-corrected chi connectivity index (χ3v) is 7.92. The number of anilines is 1. The van der Waals surface area contributed by atoms with Gasteiger partial charge in [0.15, 0.2) is 11.5 Å². The second-order valence-corrected chi connectivity index (χ2v) is 12.1. The van der Waals surface area contributed by atoms with E-state index in [2.05, 4.69) is 88.0 Å². The lowest BCUT2D eigenvalue weighted by Crippen LogP contribution is -2.27. The van der Waals surface area contributed by atoms with Crippen LogP contribution in [0.1, 0.15) is 65.2 Å². The number of carbonyl (C=O) groups is 1. The maximum atomic E-state index is 12.9. The van der Waals surface area contributed by atoms with Crippen molar-refractivity contribution in [1.82, 2.24) is 24.8 Å². The van der Waals surface area contributed by atoms with Crippen LogP contribution in [0.15, 0.2) is 73.4 Å². The van der Waals surface area contributed by atoms with E-state index >= 15 is 0 Å². The van der Waals surface area contributed by atoms with Crippen LogP contribution in [0.5, 0.6) is 0 Å². The third-order valence-electron chi connectivity index (χ3n) is 6.32. The molecule has 0 fully saturated rings. The van der Waals surface area contributed by atoms with E-state index in [4.69, 9.17) is 19.5 Å². The molecule has 1 unspecified atom stereocenters. The Morgan fingerprint density at radius 3 is 2.27 bits per heavy atom. The van der Waals surface area contributed by atoms with Crippen LogP contribution in [-0.4, -0.2) is 58.1 Å². The van der Waals surface area contributed by atoms with E-state index in [1.807, 2.05) is 6.92 Å². The summed E-state index contributed by atoms with van der Waals surface area (Å²) in [6.45, 7) is 4.65. The third kappa shape index (κ3) is 15.4. The molecule has 1 amide bonds. The zero-order chi connectivity index (χ0) is 31.9. The van der Waals surface area contributed by atoms with E-state index in [0.29, 0.717) is 29.9 Å². The van der Waals surface area contributed by atoms with Crippen LogP contribution in [0.2, 0.25) is 0 Å². The number of fused-ring (bicyclic) bond motifs is 1. The quantitative estimate of drug-likeness (QED) is 0.0784. The molecule has 0 radical (unpaired) electrons. The number of amides is 1. The Kier molecular flexibility index (Phi) is 18.6. The molecule has 0 aliphatic rings. The standard InChI is InChI=1S/C32H49N6O5P/c1-4-5-6-7-8-9-10-11-12-13-14-15-16-17-18-19-20-21-29(39)34-22-23-43-44(40,41-3)27-42-28(2)24-38-26-37-30-31(33)35-25-36-32(30)38/h5-6,8-9,11-12,14-15,17-18,25-26,28H,4,7,10,13,16,19-24,27H2,1-3H3,(H,34,39)(H2,33,35,36)/b6-5-,9-8-,12-11-,15-14-,18-17-/t28-,44?/m1/s1. The molecule has 3 N–H and O–H groups in total. The SMILES string of the molecule is CC/C=C\C/C=C\C/C=C\C/C=C\C/C=C\CCCC(=O)NCCOP(=O)(CO[C@H](C)Cn1cnc2c(N)ncnc21)OC. The molecular formula is C32H49N6O5P. The van der Waals surface area contributed by atoms with Crippen LogP contribution in [0.4, 0.5) is 5.82 Å². The monoisotopic (exact) mass is 628 g/mol. The predicted octanol–water partition coefficient (Wildman–Crippen LogP) is 6.67. The van der Waals surface area contributed by atoms with Crippen molar-refractivity contribution >= 4 is 30.5 Å². The summed E-state index contributed by atoms with van der Waals surface area (Å²) in [6, 6.07) is 0.